The molecule has 0 aliphatic carbocycles. The van der Waals surface area contributed by atoms with Crippen LogP contribution in [0.25, 0.3) is 22.8 Å². The second kappa shape index (κ2) is 9.10. The van der Waals surface area contributed by atoms with Crippen molar-refractivity contribution in [3.63, 3.8) is 0 Å². The molecule has 0 atom stereocenters. The van der Waals surface area contributed by atoms with E-state index in [9.17, 15) is 4.79 Å². The number of amides is 1. The van der Waals surface area contributed by atoms with E-state index < -0.39 is 5.91 Å². The van der Waals surface area contributed by atoms with Crippen molar-refractivity contribution in [2.75, 3.05) is 7.11 Å². The summed E-state index contributed by atoms with van der Waals surface area (Å²) in [5.74, 6) is 1.19. The minimum atomic E-state index is -0.633. The topological polar surface area (TPSA) is 107 Å². The van der Waals surface area contributed by atoms with Crippen molar-refractivity contribution in [1.29, 1.82) is 0 Å². The van der Waals surface area contributed by atoms with Gasteiger partial charge in [0, 0.05) is 16.7 Å². The highest BCUT2D eigenvalue weighted by atomic mass is 16.5. The number of ether oxygens (including phenoxy) is 2. The van der Waals surface area contributed by atoms with Crippen molar-refractivity contribution >= 4 is 5.91 Å². The first-order valence-electron chi connectivity index (χ1n) is 9.41. The van der Waals surface area contributed by atoms with Gasteiger partial charge in [0.25, 0.3) is 11.8 Å². The summed E-state index contributed by atoms with van der Waals surface area (Å²) in [5, 5.41) is 12.9. The molecular weight excluding hydrogens is 398 g/mol. The monoisotopic (exact) mass is 417 g/mol. The van der Waals surface area contributed by atoms with Crippen molar-refractivity contribution in [3.05, 3.63) is 83.9 Å². The Morgan fingerprint density at radius 3 is 2.48 bits per heavy atom. The van der Waals surface area contributed by atoms with Crippen LogP contribution >= 0.6 is 0 Å². The van der Waals surface area contributed by atoms with Crippen LogP contribution in [0.5, 0.6) is 11.5 Å². The van der Waals surface area contributed by atoms with Gasteiger partial charge in [-0.3, -0.25) is 10.0 Å². The molecule has 0 aliphatic rings. The van der Waals surface area contributed by atoms with E-state index in [0.29, 0.717) is 23.2 Å². The fourth-order valence-corrected chi connectivity index (χ4v) is 2.95. The van der Waals surface area contributed by atoms with Gasteiger partial charge in [0.15, 0.2) is 11.5 Å². The summed E-state index contributed by atoms with van der Waals surface area (Å²) in [5.41, 5.74) is 4.42. The smallest absolute Gasteiger partial charge is 0.274 e. The van der Waals surface area contributed by atoms with Gasteiger partial charge in [-0.2, -0.15) is 4.98 Å². The van der Waals surface area contributed by atoms with Crippen LogP contribution in [0.4, 0.5) is 0 Å². The molecule has 0 aliphatic heterocycles. The molecule has 3 aromatic carbocycles. The SMILES string of the molecule is COc1ccc(C(=O)NO)cc1OCc1ccc(-c2noc(-c3ccccc3)n2)cc1. The van der Waals surface area contributed by atoms with Crippen molar-refractivity contribution in [2.45, 2.75) is 6.61 Å². The van der Waals surface area contributed by atoms with Crippen LogP contribution in [-0.2, 0) is 6.61 Å². The Morgan fingerprint density at radius 2 is 1.77 bits per heavy atom. The molecule has 4 rings (SSSR count). The van der Waals surface area contributed by atoms with Gasteiger partial charge in [-0.05, 0) is 35.9 Å². The summed E-state index contributed by atoms with van der Waals surface area (Å²) < 4.78 is 16.4. The Bertz CT molecular complexity index is 1170. The molecule has 8 nitrogen and oxygen atoms in total. The predicted molar refractivity (Wildman–Crippen MR) is 112 cm³/mol. The molecule has 0 saturated carbocycles. The van der Waals surface area contributed by atoms with Crippen LogP contribution < -0.4 is 15.0 Å². The van der Waals surface area contributed by atoms with Crippen LogP contribution in [0.2, 0.25) is 0 Å². The third-order valence-electron chi connectivity index (χ3n) is 4.58. The normalized spacial score (nSPS) is 10.5. The lowest BCUT2D eigenvalue weighted by Crippen LogP contribution is -2.18. The van der Waals surface area contributed by atoms with Gasteiger partial charge >= 0.3 is 0 Å². The van der Waals surface area contributed by atoms with Crippen LogP contribution in [0.1, 0.15) is 15.9 Å². The van der Waals surface area contributed by atoms with Crippen LogP contribution in [0, 0.1) is 0 Å². The molecule has 156 valence electrons. The molecule has 0 unspecified atom stereocenters. The summed E-state index contributed by atoms with van der Waals surface area (Å²) in [6.45, 7) is 0.252. The largest absolute Gasteiger partial charge is 0.493 e. The van der Waals surface area contributed by atoms with E-state index in [1.165, 1.54) is 19.2 Å². The lowest BCUT2D eigenvalue weighted by molar-refractivity contribution is 0.0706. The highest BCUT2D eigenvalue weighted by Crippen LogP contribution is 2.29. The van der Waals surface area contributed by atoms with Crippen molar-refractivity contribution in [1.82, 2.24) is 15.6 Å². The van der Waals surface area contributed by atoms with Gasteiger partial charge in [0.2, 0.25) is 5.82 Å². The molecule has 0 radical (unpaired) electrons. The molecule has 0 bridgehead atoms. The summed E-state index contributed by atoms with van der Waals surface area (Å²) in [6.07, 6.45) is 0. The molecule has 2 N–H and O–H groups in total. The molecule has 1 aromatic heterocycles. The summed E-state index contributed by atoms with van der Waals surface area (Å²) in [4.78, 5) is 16.1. The molecule has 0 saturated heterocycles. The standard InChI is InChI=1S/C23H19N3O5/c1-29-19-12-11-18(22(27)25-28)13-20(19)30-14-15-7-9-16(10-8-15)21-24-23(31-26-21)17-5-3-2-4-6-17/h2-13,28H,14H2,1H3,(H,25,27). The predicted octanol–water partition coefficient (Wildman–Crippen LogP) is 4.11. The van der Waals surface area contributed by atoms with E-state index in [1.807, 2.05) is 54.6 Å². The first kappa shape index (κ1) is 20.1. The number of hydrogen-bond donors (Lipinski definition) is 2. The van der Waals surface area contributed by atoms with E-state index >= 15 is 0 Å². The Hall–Kier alpha value is -4.17. The van der Waals surface area contributed by atoms with Crippen molar-refractivity contribution in [3.8, 4) is 34.3 Å². The number of nitrogens with zero attached hydrogens (tertiary/aromatic N) is 2. The average molecular weight is 417 g/mol. The number of carbonyl (C=O) groups excluding carboxylic acids is 1. The van der Waals surface area contributed by atoms with Gasteiger partial charge in [0.1, 0.15) is 6.61 Å². The van der Waals surface area contributed by atoms with E-state index in [4.69, 9.17) is 19.2 Å². The van der Waals surface area contributed by atoms with Gasteiger partial charge in [-0.15, -0.1) is 0 Å². The lowest BCUT2D eigenvalue weighted by Gasteiger charge is -2.12. The summed E-state index contributed by atoms with van der Waals surface area (Å²) in [7, 11) is 1.51. The fraction of sp³-hybridized carbons (Fsp3) is 0.0870. The van der Waals surface area contributed by atoms with E-state index in [1.54, 1.807) is 11.5 Å². The van der Waals surface area contributed by atoms with Crippen molar-refractivity contribution in [2.24, 2.45) is 0 Å². The zero-order valence-electron chi connectivity index (χ0n) is 16.6. The van der Waals surface area contributed by atoms with Crippen LogP contribution in [0.15, 0.2) is 77.3 Å². The molecule has 1 heterocycles. The number of aromatic nitrogens is 2. The quantitative estimate of drug-likeness (QED) is 0.344. The number of carbonyl (C=O) groups is 1. The maximum absolute atomic E-state index is 11.6. The minimum absolute atomic E-state index is 0.250. The highest BCUT2D eigenvalue weighted by Gasteiger charge is 2.12. The van der Waals surface area contributed by atoms with E-state index in [0.717, 1.165) is 16.7 Å². The number of methoxy groups -OCH3 is 1. The van der Waals surface area contributed by atoms with E-state index in [2.05, 4.69) is 10.1 Å². The Labute approximate surface area is 178 Å². The first-order chi connectivity index (χ1) is 15.2. The molecule has 8 heteroatoms. The van der Waals surface area contributed by atoms with Crippen molar-refractivity contribution < 1.29 is 24.0 Å². The first-order valence-corrected chi connectivity index (χ1v) is 9.41. The fourth-order valence-electron chi connectivity index (χ4n) is 2.95. The van der Waals surface area contributed by atoms with Gasteiger partial charge in [0.05, 0.1) is 7.11 Å². The lowest BCUT2D eigenvalue weighted by atomic mass is 10.1. The molecule has 0 fully saturated rings. The Morgan fingerprint density at radius 1 is 1.00 bits per heavy atom. The number of hydrogen-bond acceptors (Lipinski definition) is 7. The van der Waals surface area contributed by atoms with Gasteiger partial charge < -0.3 is 14.0 Å². The maximum Gasteiger partial charge on any atom is 0.274 e. The number of benzene rings is 3. The molecule has 0 spiro atoms. The van der Waals surface area contributed by atoms with Crippen LogP contribution in [0.3, 0.4) is 0 Å². The average Bonchev–Trinajstić information content (AvgIpc) is 3.33. The summed E-state index contributed by atoms with van der Waals surface area (Å²) >= 11 is 0. The molecular formula is C23H19N3O5. The molecule has 1 amide bonds. The third kappa shape index (κ3) is 4.54. The molecule has 4 aromatic rings. The zero-order chi connectivity index (χ0) is 21.6. The zero-order valence-corrected chi connectivity index (χ0v) is 16.6. The molecule has 31 heavy (non-hydrogen) atoms. The second-order valence-electron chi connectivity index (χ2n) is 6.58. The highest BCUT2D eigenvalue weighted by molar-refractivity contribution is 5.94. The van der Waals surface area contributed by atoms with Crippen LogP contribution in [-0.4, -0.2) is 28.4 Å². The second-order valence-corrected chi connectivity index (χ2v) is 6.58. The van der Waals surface area contributed by atoms with Gasteiger partial charge in [-0.1, -0.05) is 47.6 Å². The number of nitrogens with one attached hydrogen (secondary N) is 1. The third-order valence-corrected chi connectivity index (χ3v) is 4.58. The number of hydroxylamine groups is 1. The maximum atomic E-state index is 11.6. The van der Waals surface area contributed by atoms with Gasteiger partial charge in [-0.25, -0.2) is 5.48 Å². The minimum Gasteiger partial charge on any atom is -0.493 e. The Balaban J connectivity index is 1.46. The number of rotatable bonds is 7. The Kier molecular flexibility index (Phi) is 5.91. The summed E-state index contributed by atoms with van der Waals surface area (Å²) in [6, 6.07) is 21.7. The van der Waals surface area contributed by atoms with E-state index in [-0.39, 0.29) is 12.2 Å².